The fraction of sp³-hybridized carbons (Fsp3) is 0.611. The molecule has 0 N–H and O–H groups in total. The molecule has 1 aromatic heterocycles. The van der Waals surface area contributed by atoms with Crippen LogP contribution in [-0.4, -0.2) is 77.8 Å². The first-order valence-electron chi connectivity index (χ1n) is 8.78. The maximum Gasteiger partial charge on any atom is 0.272 e. The van der Waals surface area contributed by atoms with Crippen molar-refractivity contribution in [1.82, 2.24) is 19.7 Å². The smallest absolute Gasteiger partial charge is 0.272 e. The third-order valence-corrected chi connectivity index (χ3v) is 4.96. The van der Waals surface area contributed by atoms with Crippen molar-refractivity contribution >= 4 is 11.8 Å². The van der Waals surface area contributed by atoms with E-state index in [1.165, 1.54) is 6.42 Å². The number of carbonyl (C=O) groups is 2. The van der Waals surface area contributed by atoms with Crippen molar-refractivity contribution in [2.45, 2.75) is 19.8 Å². The Balaban J connectivity index is 1.71. The number of nitrogens with zero attached hydrogens (tertiary/aromatic N) is 4. The zero-order chi connectivity index (χ0) is 17.1. The van der Waals surface area contributed by atoms with Crippen LogP contribution in [-0.2, 0) is 0 Å². The lowest BCUT2D eigenvalue weighted by Gasteiger charge is -2.32. The number of piperidine rings is 1. The first kappa shape index (κ1) is 16.9. The van der Waals surface area contributed by atoms with E-state index < -0.39 is 0 Å². The van der Waals surface area contributed by atoms with Gasteiger partial charge in [0, 0.05) is 51.0 Å². The summed E-state index contributed by atoms with van der Waals surface area (Å²) >= 11 is 0. The van der Waals surface area contributed by atoms with Gasteiger partial charge in [0.25, 0.3) is 11.8 Å². The minimum absolute atomic E-state index is 0.0105. The van der Waals surface area contributed by atoms with Gasteiger partial charge in [0.15, 0.2) is 0 Å². The number of carbonyl (C=O) groups excluding carboxylic acids is 2. The number of likely N-dealkylation sites (tertiary alicyclic amines) is 1. The van der Waals surface area contributed by atoms with Crippen LogP contribution in [0.25, 0.3) is 0 Å². The van der Waals surface area contributed by atoms with Crippen molar-refractivity contribution in [2.24, 2.45) is 5.92 Å². The van der Waals surface area contributed by atoms with E-state index >= 15 is 0 Å². The average Bonchev–Trinajstić information content (AvgIpc) is 2.61. The molecule has 2 aliphatic heterocycles. The highest BCUT2D eigenvalue weighted by Crippen LogP contribution is 2.18. The standard InChI is InChI=1S/C18H26N4O2/c1-14-4-3-7-22(13-14)17(23)15-5-6-19-16(12-15)18(24)21-10-8-20(2)9-11-21/h5-6,12,14H,3-4,7-11,13H2,1-2H3. The monoisotopic (exact) mass is 330 g/mol. The van der Waals surface area contributed by atoms with Gasteiger partial charge in [-0.1, -0.05) is 6.92 Å². The molecule has 1 unspecified atom stereocenters. The third kappa shape index (κ3) is 3.75. The Morgan fingerprint density at radius 1 is 1.08 bits per heavy atom. The summed E-state index contributed by atoms with van der Waals surface area (Å²) < 4.78 is 0. The molecule has 1 aromatic rings. The van der Waals surface area contributed by atoms with Gasteiger partial charge in [-0.25, -0.2) is 0 Å². The number of amides is 2. The number of piperazine rings is 1. The predicted molar refractivity (Wildman–Crippen MR) is 91.9 cm³/mol. The van der Waals surface area contributed by atoms with Crippen LogP contribution in [0.2, 0.25) is 0 Å². The van der Waals surface area contributed by atoms with Gasteiger partial charge < -0.3 is 14.7 Å². The minimum Gasteiger partial charge on any atom is -0.338 e. The Morgan fingerprint density at radius 3 is 2.54 bits per heavy atom. The van der Waals surface area contributed by atoms with Crippen molar-refractivity contribution in [2.75, 3.05) is 46.3 Å². The molecule has 6 heteroatoms. The lowest BCUT2D eigenvalue weighted by atomic mass is 9.99. The number of pyridine rings is 1. The van der Waals surface area contributed by atoms with Crippen molar-refractivity contribution in [1.29, 1.82) is 0 Å². The molecule has 2 saturated heterocycles. The zero-order valence-electron chi connectivity index (χ0n) is 14.6. The van der Waals surface area contributed by atoms with E-state index in [2.05, 4.69) is 23.9 Å². The summed E-state index contributed by atoms with van der Waals surface area (Å²) in [7, 11) is 2.05. The van der Waals surface area contributed by atoms with Crippen LogP contribution in [0.15, 0.2) is 18.3 Å². The molecule has 0 saturated carbocycles. The van der Waals surface area contributed by atoms with Crippen LogP contribution in [0.4, 0.5) is 0 Å². The molecule has 3 rings (SSSR count). The predicted octanol–water partition coefficient (Wildman–Crippen LogP) is 1.34. The Labute approximate surface area is 143 Å². The summed E-state index contributed by atoms with van der Waals surface area (Å²) in [4.78, 5) is 35.5. The second kappa shape index (κ2) is 7.30. The summed E-state index contributed by atoms with van der Waals surface area (Å²) in [6.45, 7) is 6.92. The van der Waals surface area contributed by atoms with Gasteiger partial charge in [0.2, 0.25) is 0 Å². The fourth-order valence-electron chi connectivity index (χ4n) is 3.41. The second-order valence-electron chi connectivity index (χ2n) is 7.02. The van der Waals surface area contributed by atoms with Gasteiger partial charge in [-0.2, -0.15) is 0 Å². The van der Waals surface area contributed by atoms with Crippen molar-refractivity contribution in [3.05, 3.63) is 29.6 Å². The Morgan fingerprint density at radius 2 is 1.83 bits per heavy atom. The van der Waals surface area contributed by atoms with E-state index in [1.54, 1.807) is 18.3 Å². The van der Waals surface area contributed by atoms with Gasteiger partial charge in [0.05, 0.1) is 0 Å². The van der Waals surface area contributed by atoms with E-state index in [1.807, 2.05) is 9.80 Å². The van der Waals surface area contributed by atoms with E-state index in [9.17, 15) is 9.59 Å². The highest BCUT2D eigenvalue weighted by Gasteiger charge is 2.25. The van der Waals surface area contributed by atoms with Gasteiger partial charge in [-0.15, -0.1) is 0 Å². The van der Waals surface area contributed by atoms with Gasteiger partial charge >= 0.3 is 0 Å². The molecule has 24 heavy (non-hydrogen) atoms. The van der Waals surface area contributed by atoms with Crippen LogP contribution in [0.3, 0.4) is 0 Å². The molecule has 0 radical (unpaired) electrons. The topological polar surface area (TPSA) is 56.8 Å². The Bertz CT molecular complexity index is 611. The highest BCUT2D eigenvalue weighted by molar-refractivity contribution is 5.98. The van der Waals surface area contributed by atoms with Crippen molar-refractivity contribution in [3.8, 4) is 0 Å². The number of aromatic nitrogens is 1. The first-order chi connectivity index (χ1) is 11.5. The Kier molecular flexibility index (Phi) is 5.14. The molecule has 2 aliphatic rings. The molecule has 0 bridgehead atoms. The normalized spacial score (nSPS) is 22.5. The fourth-order valence-corrected chi connectivity index (χ4v) is 3.41. The quantitative estimate of drug-likeness (QED) is 0.821. The molecular weight excluding hydrogens is 304 g/mol. The molecule has 0 aromatic carbocycles. The van der Waals surface area contributed by atoms with Crippen LogP contribution in [0.1, 0.15) is 40.6 Å². The number of hydrogen-bond acceptors (Lipinski definition) is 4. The highest BCUT2D eigenvalue weighted by atomic mass is 16.2. The van der Waals surface area contributed by atoms with E-state index in [4.69, 9.17) is 0 Å². The minimum atomic E-state index is -0.0789. The van der Waals surface area contributed by atoms with Gasteiger partial charge in [0.1, 0.15) is 5.69 Å². The molecule has 3 heterocycles. The molecule has 130 valence electrons. The van der Waals surface area contributed by atoms with E-state index in [-0.39, 0.29) is 11.8 Å². The number of rotatable bonds is 2. The van der Waals surface area contributed by atoms with Crippen LogP contribution in [0.5, 0.6) is 0 Å². The second-order valence-corrected chi connectivity index (χ2v) is 7.02. The largest absolute Gasteiger partial charge is 0.338 e. The number of hydrogen-bond donors (Lipinski definition) is 0. The molecule has 1 atom stereocenters. The summed E-state index contributed by atoms with van der Waals surface area (Å²) in [5, 5.41) is 0. The summed E-state index contributed by atoms with van der Waals surface area (Å²) in [5.41, 5.74) is 0.937. The average molecular weight is 330 g/mol. The first-order valence-corrected chi connectivity index (χ1v) is 8.78. The van der Waals surface area contributed by atoms with Crippen molar-refractivity contribution < 1.29 is 9.59 Å². The van der Waals surface area contributed by atoms with Crippen LogP contribution >= 0.6 is 0 Å². The number of likely N-dealkylation sites (N-methyl/N-ethyl adjacent to an activating group) is 1. The van der Waals surface area contributed by atoms with Crippen LogP contribution < -0.4 is 0 Å². The van der Waals surface area contributed by atoms with Gasteiger partial charge in [-0.05, 0) is 37.9 Å². The lowest BCUT2D eigenvalue weighted by Crippen LogP contribution is -2.47. The lowest BCUT2D eigenvalue weighted by molar-refractivity contribution is 0.0658. The van der Waals surface area contributed by atoms with Crippen molar-refractivity contribution in [3.63, 3.8) is 0 Å². The summed E-state index contributed by atoms with van der Waals surface area (Å²) in [5.74, 6) is 0.470. The molecule has 6 nitrogen and oxygen atoms in total. The zero-order valence-corrected chi connectivity index (χ0v) is 14.6. The molecule has 0 spiro atoms. The van der Waals surface area contributed by atoms with Crippen LogP contribution in [0, 0.1) is 5.92 Å². The molecule has 2 fully saturated rings. The molecule has 2 amide bonds. The third-order valence-electron chi connectivity index (χ3n) is 4.96. The summed E-state index contributed by atoms with van der Waals surface area (Å²) in [6, 6.07) is 3.37. The molecular formula is C18H26N4O2. The van der Waals surface area contributed by atoms with E-state index in [0.29, 0.717) is 30.3 Å². The Hall–Kier alpha value is -1.95. The molecule has 0 aliphatic carbocycles. The van der Waals surface area contributed by atoms with Gasteiger partial charge in [-0.3, -0.25) is 14.6 Å². The maximum atomic E-state index is 12.7. The SMILES string of the molecule is CC1CCCN(C(=O)c2ccnc(C(=O)N3CCN(C)CC3)c2)C1. The maximum absolute atomic E-state index is 12.7. The van der Waals surface area contributed by atoms with E-state index in [0.717, 1.165) is 32.6 Å². The summed E-state index contributed by atoms with van der Waals surface area (Å²) in [6.07, 6.45) is 3.79.